The van der Waals surface area contributed by atoms with Crippen molar-refractivity contribution in [1.82, 2.24) is 9.88 Å². The normalized spacial score (nSPS) is 25.0. The predicted molar refractivity (Wildman–Crippen MR) is 104 cm³/mol. The fraction of sp³-hybridized carbons (Fsp3) is 0.476. The second-order valence-electron chi connectivity index (χ2n) is 7.36. The van der Waals surface area contributed by atoms with E-state index in [1.807, 2.05) is 31.3 Å². The van der Waals surface area contributed by atoms with Crippen LogP contribution in [-0.4, -0.2) is 46.2 Å². The molecule has 144 valence electrons. The monoisotopic (exact) mass is 369 g/mol. The van der Waals surface area contributed by atoms with Gasteiger partial charge in [-0.3, -0.25) is 9.69 Å². The number of carbonyl (C=O) groups excluding carboxylic acids is 1. The van der Waals surface area contributed by atoms with Crippen molar-refractivity contribution >= 4 is 11.7 Å². The molecule has 1 saturated carbocycles. The maximum Gasteiger partial charge on any atom is 0.320 e. The molecule has 1 aliphatic carbocycles. The maximum atomic E-state index is 12.5. The van der Waals surface area contributed by atoms with E-state index in [1.165, 1.54) is 6.42 Å². The number of H-pyrrole nitrogens is 1. The lowest BCUT2D eigenvalue weighted by Crippen LogP contribution is -2.50. The fourth-order valence-corrected chi connectivity index (χ4v) is 4.61. The maximum absolute atomic E-state index is 12.5. The minimum absolute atomic E-state index is 0.152. The smallest absolute Gasteiger partial charge is 0.320 e. The van der Waals surface area contributed by atoms with Gasteiger partial charge in [-0.15, -0.1) is 0 Å². The number of benzene rings is 1. The summed E-state index contributed by atoms with van der Waals surface area (Å²) in [5.74, 6) is -0.0694. The molecule has 4 rings (SSSR count). The molecule has 0 spiro atoms. The van der Waals surface area contributed by atoms with Gasteiger partial charge in [0.05, 0.1) is 30.4 Å². The number of hydrogen-bond donors (Lipinski definition) is 3. The van der Waals surface area contributed by atoms with Crippen LogP contribution in [0.2, 0.25) is 0 Å². The van der Waals surface area contributed by atoms with Crippen molar-refractivity contribution in [3.05, 3.63) is 47.7 Å². The number of nitrogens with one attached hydrogen (secondary N) is 2. The van der Waals surface area contributed by atoms with Gasteiger partial charge in [-0.2, -0.15) is 0 Å². The highest BCUT2D eigenvalue weighted by Gasteiger charge is 2.42. The van der Waals surface area contributed by atoms with Gasteiger partial charge in [0.1, 0.15) is 0 Å². The molecule has 0 radical (unpaired) electrons. The number of nitrogens with zero attached hydrogens (tertiary/aromatic N) is 1. The van der Waals surface area contributed by atoms with E-state index in [0.29, 0.717) is 6.61 Å². The van der Waals surface area contributed by atoms with E-state index in [2.05, 4.69) is 27.3 Å². The van der Waals surface area contributed by atoms with Crippen LogP contribution >= 0.6 is 0 Å². The average molecular weight is 369 g/mol. The van der Waals surface area contributed by atoms with Crippen LogP contribution in [-0.2, 0) is 9.53 Å². The van der Waals surface area contributed by atoms with Gasteiger partial charge in [0.25, 0.3) is 0 Å². The van der Waals surface area contributed by atoms with E-state index in [1.54, 1.807) is 0 Å². The quantitative estimate of drug-likeness (QED) is 0.720. The zero-order valence-electron chi connectivity index (χ0n) is 15.6. The van der Waals surface area contributed by atoms with E-state index in [4.69, 9.17) is 4.74 Å². The molecule has 3 atom stereocenters. The molecule has 1 aromatic heterocycles. The molecular formula is C21H27N3O3. The van der Waals surface area contributed by atoms with Crippen molar-refractivity contribution < 1.29 is 14.6 Å². The van der Waals surface area contributed by atoms with Crippen LogP contribution in [0.3, 0.4) is 0 Å². The lowest BCUT2D eigenvalue weighted by Gasteiger charge is -2.41. The van der Waals surface area contributed by atoms with Crippen LogP contribution in [0, 0.1) is 0 Å². The highest BCUT2D eigenvalue weighted by Crippen LogP contribution is 2.45. The van der Waals surface area contributed by atoms with Crippen LogP contribution in [0.5, 0.6) is 5.88 Å². The van der Waals surface area contributed by atoms with Crippen molar-refractivity contribution in [3.8, 4) is 5.88 Å². The summed E-state index contributed by atoms with van der Waals surface area (Å²) >= 11 is 0. The number of esters is 1. The molecule has 2 aromatic rings. The summed E-state index contributed by atoms with van der Waals surface area (Å²) in [7, 11) is 0. The van der Waals surface area contributed by atoms with Crippen molar-refractivity contribution in [2.45, 2.75) is 50.7 Å². The molecule has 0 unspecified atom stereocenters. The average Bonchev–Trinajstić information content (AvgIpc) is 2.96. The number of anilines is 1. The van der Waals surface area contributed by atoms with Gasteiger partial charge in [-0.25, -0.2) is 0 Å². The molecule has 6 nitrogen and oxygen atoms in total. The van der Waals surface area contributed by atoms with Gasteiger partial charge in [0.15, 0.2) is 5.88 Å². The number of fused-ring (bicyclic) bond motifs is 2. The molecule has 2 aliphatic rings. The van der Waals surface area contributed by atoms with Crippen molar-refractivity contribution in [1.29, 1.82) is 0 Å². The summed E-state index contributed by atoms with van der Waals surface area (Å²) < 4.78 is 5.28. The molecule has 0 saturated heterocycles. The Hall–Kier alpha value is -2.47. The van der Waals surface area contributed by atoms with Gasteiger partial charge in [0.2, 0.25) is 0 Å². The summed E-state index contributed by atoms with van der Waals surface area (Å²) in [5, 5.41) is 14.2. The summed E-state index contributed by atoms with van der Waals surface area (Å²) in [6.07, 6.45) is 6.22. The van der Waals surface area contributed by atoms with Gasteiger partial charge in [-0.1, -0.05) is 43.2 Å². The zero-order valence-corrected chi connectivity index (χ0v) is 15.6. The number of aromatic nitrogens is 1. The second-order valence-corrected chi connectivity index (χ2v) is 7.36. The number of aromatic hydroxyl groups is 1. The molecule has 2 heterocycles. The minimum Gasteiger partial charge on any atom is -0.494 e. The Bertz CT molecular complexity index is 789. The minimum atomic E-state index is -0.221. The molecule has 0 amide bonds. The number of rotatable bonds is 4. The number of carbonyl (C=O) groups is 1. The van der Waals surface area contributed by atoms with Crippen molar-refractivity contribution in [2.24, 2.45) is 0 Å². The van der Waals surface area contributed by atoms with E-state index in [0.717, 1.165) is 36.1 Å². The Morgan fingerprint density at radius 3 is 2.81 bits per heavy atom. The third-order valence-corrected chi connectivity index (χ3v) is 5.73. The summed E-state index contributed by atoms with van der Waals surface area (Å²) in [6, 6.07) is 10.3. The Balaban J connectivity index is 1.82. The van der Waals surface area contributed by atoms with Crippen molar-refractivity contribution in [3.63, 3.8) is 0 Å². The van der Waals surface area contributed by atoms with Crippen LogP contribution in [0.15, 0.2) is 36.5 Å². The lowest BCUT2D eigenvalue weighted by atomic mass is 9.88. The number of hydrogen-bond acceptors (Lipinski definition) is 5. The van der Waals surface area contributed by atoms with Crippen LogP contribution in [0.4, 0.5) is 5.69 Å². The first kappa shape index (κ1) is 17.9. The first-order valence-corrected chi connectivity index (χ1v) is 9.82. The summed E-state index contributed by atoms with van der Waals surface area (Å²) in [4.78, 5) is 17.6. The van der Waals surface area contributed by atoms with E-state index in [9.17, 15) is 9.90 Å². The molecule has 3 N–H and O–H groups in total. The third-order valence-electron chi connectivity index (χ3n) is 5.73. The van der Waals surface area contributed by atoms with Gasteiger partial charge in [0, 0.05) is 18.3 Å². The first-order valence-electron chi connectivity index (χ1n) is 9.82. The highest BCUT2D eigenvalue weighted by molar-refractivity contribution is 5.72. The van der Waals surface area contributed by atoms with E-state index in [-0.39, 0.29) is 36.5 Å². The molecule has 1 aromatic carbocycles. The Kier molecular flexibility index (Phi) is 5.07. The molecule has 27 heavy (non-hydrogen) atoms. The first-order chi connectivity index (χ1) is 13.2. The van der Waals surface area contributed by atoms with Gasteiger partial charge < -0.3 is 20.1 Å². The Morgan fingerprint density at radius 2 is 2.04 bits per heavy atom. The lowest BCUT2D eigenvalue weighted by molar-refractivity contribution is -0.145. The number of ether oxygens (including phenoxy) is 1. The van der Waals surface area contributed by atoms with Crippen LogP contribution < -0.4 is 5.32 Å². The predicted octanol–water partition coefficient (Wildman–Crippen LogP) is 3.41. The zero-order chi connectivity index (χ0) is 18.8. The van der Waals surface area contributed by atoms with Gasteiger partial charge >= 0.3 is 5.97 Å². The molecule has 6 heteroatoms. The van der Waals surface area contributed by atoms with Crippen LogP contribution in [0.1, 0.15) is 49.8 Å². The van der Waals surface area contributed by atoms with Gasteiger partial charge in [-0.05, 0) is 25.3 Å². The van der Waals surface area contributed by atoms with E-state index >= 15 is 0 Å². The number of aromatic amines is 1. The molecule has 0 bridgehead atoms. The Morgan fingerprint density at radius 1 is 1.26 bits per heavy atom. The standard InChI is InChI=1S/C21H27N3O3/c1-2-27-18(25)13-24-17-11-7-6-10-15(17)23-16-12-22-21(26)19(16)20(24)14-8-4-3-5-9-14/h3-5,8-9,12,15,17,20,22-23,26H,2,6-7,10-11,13H2,1H3/t15-,17-,20-/m1/s1. The topological polar surface area (TPSA) is 77.6 Å². The molecule has 1 aliphatic heterocycles. The Labute approximate surface area is 159 Å². The van der Waals surface area contributed by atoms with E-state index < -0.39 is 0 Å². The SMILES string of the molecule is CCOC(=O)CN1[C@H](c2ccccc2)c2c(c[nH]c2O)N[C@@H]2CCCC[C@H]21. The summed E-state index contributed by atoms with van der Waals surface area (Å²) in [6.45, 7) is 2.41. The van der Waals surface area contributed by atoms with Crippen molar-refractivity contribution in [2.75, 3.05) is 18.5 Å². The fourth-order valence-electron chi connectivity index (χ4n) is 4.61. The highest BCUT2D eigenvalue weighted by atomic mass is 16.5. The largest absolute Gasteiger partial charge is 0.494 e. The summed E-state index contributed by atoms with van der Waals surface area (Å²) in [5.41, 5.74) is 2.79. The molecular weight excluding hydrogens is 342 g/mol. The molecule has 1 fully saturated rings. The van der Waals surface area contributed by atoms with Crippen LogP contribution in [0.25, 0.3) is 0 Å². The second kappa shape index (κ2) is 7.64. The third kappa shape index (κ3) is 3.41.